The van der Waals surface area contributed by atoms with E-state index in [1.807, 2.05) is 6.07 Å². The third kappa shape index (κ3) is 8.91. The van der Waals surface area contributed by atoms with Crippen LogP contribution in [0.25, 0.3) is 11.1 Å². The molecule has 0 unspecified atom stereocenters. The van der Waals surface area contributed by atoms with Crippen LogP contribution in [0.1, 0.15) is 107 Å². The number of hydrogen-bond donors (Lipinski definition) is 0. The third-order valence-electron chi connectivity index (χ3n) is 9.16. The number of hydrogen-bond acceptors (Lipinski definition) is 0. The number of aryl methyl sites for hydroxylation is 1. The Morgan fingerprint density at radius 1 is 0.795 bits per heavy atom. The first kappa shape index (κ1) is 29.8. The second kappa shape index (κ2) is 13.9. The van der Waals surface area contributed by atoms with Crippen LogP contribution in [-0.2, 0) is 6.42 Å². The van der Waals surface area contributed by atoms with Gasteiger partial charge in [0.2, 0.25) is 0 Å². The van der Waals surface area contributed by atoms with E-state index in [0.29, 0.717) is 24.7 Å². The Labute approximate surface area is 231 Å². The molecule has 0 nitrogen and oxygen atoms in total. The second-order valence-corrected chi connectivity index (χ2v) is 12.0. The summed E-state index contributed by atoms with van der Waals surface area (Å²) in [6, 6.07) is 14.2. The Hall–Kier alpha value is -2.17. The van der Waals surface area contributed by atoms with E-state index in [0.717, 1.165) is 74.5 Å². The van der Waals surface area contributed by atoms with E-state index < -0.39 is 17.9 Å². The van der Waals surface area contributed by atoms with Crippen LogP contribution < -0.4 is 0 Å². The lowest BCUT2D eigenvalue weighted by molar-refractivity contribution is -0.0821. The molecule has 0 aromatic heterocycles. The van der Waals surface area contributed by atoms with Crippen LogP contribution in [-0.4, -0.2) is 6.18 Å². The minimum absolute atomic E-state index is 0.105. The molecule has 39 heavy (non-hydrogen) atoms. The van der Waals surface area contributed by atoms with Gasteiger partial charge >= 0.3 is 6.18 Å². The molecule has 2 aromatic carbocycles. The molecule has 2 saturated carbocycles. The molecule has 2 aliphatic rings. The van der Waals surface area contributed by atoms with Gasteiger partial charge in [0.15, 0.2) is 0 Å². The molecular weight excluding hydrogens is 503 g/mol. The molecular formula is C34H43F5. The maximum absolute atomic E-state index is 15.2. The summed E-state index contributed by atoms with van der Waals surface area (Å²) in [5, 5.41) is 0. The number of allylic oxidation sites excluding steroid dienone is 2. The fraction of sp³-hybridized carbons (Fsp3) is 0.588. The van der Waals surface area contributed by atoms with Gasteiger partial charge in [-0.2, -0.15) is 13.2 Å². The zero-order valence-corrected chi connectivity index (χ0v) is 23.2. The van der Waals surface area contributed by atoms with Gasteiger partial charge < -0.3 is 0 Å². The predicted molar refractivity (Wildman–Crippen MR) is 150 cm³/mol. The van der Waals surface area contributed by atoms with Crippen molar-refractivity contribution in [2.24, 2.45) is 17.8 Å². The minimum atomic E-state index is -4.58. The van der Waals surface area contributed by atoms with Crippen LogP contribution >= 0.6 is 0 Å². The summed E-state index contributed by atoms with van der Waals surface area (Å²) >= 11 is 0. The number of benzene rings is 2. The zero-order valence-electron chi connectivity index (χ0n) is 23.2. The van der Waals surface area contributed by atoms with Gasteiger partial charge in [-0.3, -0.25) is 0 Å². The Morgan fingerprint density at radius 2 is 1.38 bits per heavy atom. The Morgan fingerprint density at radius 3 is 1.95 bits per heavy atom. The first-order chi connectivity index (χ1) is 18.7. The van der Waals surface area contributed by atoms with Gasteiger partial charge in [-0.15, -0.1) is 0 Å². The van der Waals surface area contributed by atoms with Gasteiger partial charge in [-0.25, -0.2) is 8.78 Å². The second-order valence-electron chi connectivity index (χ2n) is 12.0. The molecule has 2 fully saturated rings. The van der Waals surface area contributed by atoms with Gasteiger partial charge in [0, 0.05) is 5.92 Å². The quantitative estimate of drug-likeness (QED) is 0.205. The van der Waals surface area contributed by atoms with Crippen LogP contribution in [0.2, 0.25) is 0 Å². The lowest BCUT2D eigenvalue weighted by atomic mass is 9.74. The van der Waals surface area contributed by atoms with Crippen molar-refractivity contribution in [2.75, 3.05) is 0 Å². The Kier molecular flexibility index (Phi) is 10.7. The molecule has 0 atom stereocenters. The lowest BCUT2D eigenvalue weighted by Gasteiger charge is -2.32. The van der Waals surface area contributed by atoms with E-state index in [2.05, 4.69) is 37.3 Å². The highest BCUT2D eigenvalue weighted by molar-refractivity contribution is 5.64. The van der Waals surface area contributed by atoms with Gasteiger partial charge in [0.1, 0.15) is 11.6 Å². The van der Waals surface area contributed by atoms with E-state index in [4.69, 9.17) is 0 Å². The SMILES string of the molecule is CCCCCc1ccc(-c2ccc(C3CCC(CCC4CCC(C(F)=CC(F)(F)F)CC4)CC3)c(F)c2)cc1. The van der Waals surface area contributed by atoms with E-state index in [1.165, 1.54) is 24.8 Å². The highest BCUT2D eigenvalue weighted by atomic mass is 19.4. The van der Waals surface area contributed by atoms with Gasteiger partial charge in [0.25, 0.3) is 0 Å². The third-order valence-corrected chi connectivity index (χ3v) is 9.16. The highest BCUT2D eigenvalue weighted by Gasteiger charge is 2.31. The van der Waals surface area contributed by atoms with E-state index in [1.54, 1.807) is 6.07 Å². The first-order valence-electron chi connectivity index (χ1n) is 15.1. The van der Waals surface area contributed by atoms with E-state index in [-0.39, 0.29) is 17.8 Å². The smallest absolute Gasteiger partial charge is 0.212 e. The zero-order chi connectivity index (χ0) is 27.8. The molecule has 0 spiro atoms. The topological polar surface area (TPSA) is 0 Å². The van der Waals surface area contributed by atoms with Crippen molar-refractivity contribution in [3.8, 4) is 11.1 Å². The van der Waals surface area contributed by atoms with Crippen molar-refractivity contribution in [1.29, 1.82) is 0 Å². The molecule has 0 amide bonds. The molecule has 5 heteroatoms. The average molecular weight is 547 g/mol. The maximum Gasteiger partial charge on any atom is 0.412 e. The lowest BCUT2D eigenvalue weighted by Crippen LogP contribution is -2.19. The van der Waals surface area contributed by atoms with Crippen LogP contribution in [0.3, 0.4) is 0 Å². The summed E-state index contributed by atoms with van der Waals surface area (Å²) in [6.07, 6.45) is 8.97. The number of unbranched alkanes of at least 4 members (excludes halogenated alkanes) is 2. The summed E-state index contributed by atoms with van der Waals surface area (Å²) in [4.78, 5) is 0. The summed E-state index contributed by atoms with van der Waals surface area (Å²) in [5.41, 5.74) is 4.14. The van der Waals surface area contributed by atoms with E-state index in [9.17, 15) is 17.6 Å². The fourth-order valence-electron chi connectivity index (χ4n) is 6.72. The number of alkyl halides is 3. The van der Waals surface area contributed by atoms with Crippen LogP contribution in [0.15, 0.2) is 54.4 Å². The summed E-state index contributed by atoms with van der Waals surface area (Å²) < 4.78 is 66.3. The Bertz CT molecular complexity index is 1050. The van der Waals surface area contributed by atoms with Crippen molar-refractivity contribution in [3.63, 3.8) is 0 Å². The highest BCUT2D eigenvalue weighted by Crippen LogP contribution is 2.42. The average Bonchev–Trinajstić information content (AvgIpc) is 2.92. The van der Waals surface area contributed by atoms with E-state index >= 15 is 4.39 Å². The summed E-state index contributed by atoms with van der Waals surface area (Å²) in [7, 11) is 0. The van der Waals surface area contributed by atoms with Crippen LogP contribution in [0.5, 0.6) is 0 Å². The number of rotatable bonds is 10. The molecule has 2 aliphatic carbocycles. The molecule has 0 saturated heterocycles. The normalized spacial score (nSPS) is 24.6. The number of halogens is 5. The maximum atomic E-state index is 15.2. The molecule has 4 rings (SSSR count). The van der Waals surface area contributed by atoms with Gasteiger partial charge in [-0.1, -0.05) is 69.0 Å². The fourth-order valence-corrected chi connectivity index (χ4v) is 6.72. The van der Waals surface area contributed by atoms with Crippen molar-refractivity contribution < 1.29 is 22.0 Å². The van der Waals surface area contributed by atoms with Gasteiger partial charge in [-0.05, 0) is 110 Å². The largest absolute Gasteiger partial charge is 0.412 e. The molecule has 214 valence electrons. The molecule has 0 heterocycles. The molecule has 0 bridgehead atoms. The molecule has 0 N–H and O–H groups in total. The van der Waals surface area contributed by atoms with Crippen molar-refractivity contribution in [1.82, 2.24) is 0 Å². The minimum Gasteiger partial charge on any atom is -0.212 e. The first-order valence-corrected chi connectivity index (χ1v) is 15.1. The van der Waals surface area contributed by atoms with Gasteiger partial charge in [0.05, 0.1) is 6.08 Å². The van der Waals surface area contributed by atoms with Crippen molar-refractivity contribution >= 4 is 0 Å². The monoisotopic (exact) mass is 546 g/mol. The molecule has 0 radical (unpaired) electrons. The standard InChI is InChI=1S/C34H43F5/c1-2-3-4-5-24-8-14-27(15-9-24)30-20-21-31(32(35)22-30)28-16-10-25(11-17-28)6-7-26-12-18-29(19-13-26)33(36)23-34(37,38)39/h8-9,14-15,20-23,25-26,28-29H,2-7,10-13,16-19H2,1H3. The Balaban J connectivity index is 1.21. The summed E-state index contributed by atoms with van der Waals surface area (Å²) in [5.74, 6) is -0.321. The summed E-state index contributed by atoms with van der Waals surface area (Å²) in [6.45, 7) is 2.21. The van der Waals surface area contributed by atoms with Crippen LogP contribution in [0.4, 0.5) is 22.0 Å². The van der Waals surface area contributed by atoms with Crippen molar-refractivity contribution in [2.45, 2.75) is 109 Å². The molecule has 0 aliphatic heterocycles. The van der Waals surface area contributed by atoms with Crippen LogP contribution in [0, 0.1) is 23.6 Å². The predicted octanol–water partition coefficient (Wildman–Crippen LogP) is 11.5. The van der Waals surface area contributed by atoms with Crippen molar-refractivity contribution in [3.05, 3.63) is 71.3 Å². The molecule has 2 aromatic rings.